The number of nitrogens with zero attached hydrogens (tertiary/aromatic N) is 4. The minimum absolute atomic E-state index is 0.0527. The molecule has 30 heavy (non-hydrogen) atoms. The second-order valence-corrected chi connectivity index (χ2v) is 7.86. The van der Waals surface area contributed by atoms with Crippen LogP contribution in [0.3, 0.4) is 0 Å². The SMILES string of the molecule is C[C@H]1[C@@H]2[C@H]1[C@@](O)(C#Cc1cccc(-n3nc(C(N)=O)c4cccnc43)c1)C(=O)N2C. The lowest BCUT2D eigenvalue weighted by Gasteiger charge is -2.21. The van der Waals surface area contributed by atoms with Crippen molar-refractivity contribution in [3.05, 3.63) is 53.9 Å². The number of carbonyl (C=O) groups excluding carboxylic acids is 2. The number of primary amides is 1. The summed E-state index contributed by atoms with van der Waals surface area (Å²) in [5.41, 5.74) is 5.67. The average molecular weight is 401 g/mol. The third-order valence-electron chi connectivity index (χ3n) is 6.07. The van der Waals surface area contributed by atoms with Gasteiger partial charge in [0.25, 0.3) is 11.8 Å². The summed E-state index contributed by atoms with van der Waals surface area (Å²) in [5.74, 6) is 4.83. The van der Waals surface area contributed by atoms with Crippen LogP contribution in [0.4, 0.5) is 0 Å². The minimum Gasteiger partial charge on any atom is -0.369 e. The Labute approximate surface area is 172 Å². The van der Waals surface area contributed by atoms with E-state index in [0.29, 0.717) is 22.3 Å². The van der Waals surface area contributed by atoms with Gasteiger partial charge in [-0.2, -0.15) is 5.10 Å². The summed E-state index contributed by atoms with van der Waals surface area (Å²) in [7, 11) is 1.70. The Morgan fingerprint density at radius 2 is 2.10 bits per heavy atom. The number of carbonyl (C=O) groups is 2. The summed E-state index contributed by atoms with van der Waals surface area (Å²) in [4.78, 5) is 30.1. The first kappa shape index (κ1) is 18.3. The van der Waals surface area contributed by atoms with Crippen LogP contribution in [0, 0.1) is 23.7 Å². The summed E-state index contributed by atoms with van der Waals surface area (Å²) in [6.45, 7) is 2.01. The van der Waals surface area contributed by atoms with Gasteiger partial charge in [0.15, 0.2) is 11.3 Å². The number of fused-ring (bicyclic) bond motifs is 2. The molecule has 3 aromatic rings. The number of hydrogen-bond donors (Lipinski definition) is 2. The predicted molar refractivity (Wildman–Crippen MR) is 108 cm³/mol. The van der Waals surface area contributed by atoms with E-state index in [1.807, 2.05) is 6.92 Å². The van der Waals surface area contributed by atoms with E-state index in [2.05, 4.69) is 21.9 Å². The molecule has 0 spiro atoms. The first-order valence-corrected chi connectivity index (χ1v) is 9.59. The van der Waals surface area contributed by atoms with Gasteiger partial charge < -0.3 is 15.7 Å². The zero-order chi connectivity index (χ0) is 21.2. The predicted octanol–water partition coefficient (Wildman–Crippen LogP) is 0.709. The monoisotopic (exact) mass is 401 g/mol. The Morgan fingerprint density at radius 1 is 1.30 bits per heavy atom. The van der Waals surface area contributed by atoms with Crippen LogP contribution in [-0.2, 0) is 4.79 Å². The van der Waals surface area contributed by atoms with Crippen LogP contribution in [0.1, 0.15) is 23.0 Å². The zero-order valence-corrected chi connectivity index (χ0v) is 16.4. The fourth-order valence-electron chi connectivity index (χ4n) is 4.54. The van der Waals surface area contributed by atoms with Crippen LogP contribution in [0.5, 0.6) is 0 Å². The van der Waals surface area contributed by atoms with Gasteiger partial charge in [-0.25, -0.2) is 9.67 Å². The highest BCUT2D eigenvalue weighted by Crippen LogP contribution is 2.55. The molecule has 8 nitrogen and oxygen atoms in total. The number of hydrogen-bond acceptors (Lipinski definition) is 5. The summed E-state index contributed by atoms with van der Waals surface area (Å²) in [6, 6.07) is 10.6. The standard InChI is InChI=1S/C22H19N5O3/c1-12-16-18(12)26(2)21(29)22(16,30)9-8-13-5-3-6-14(11-13)27-20-15(7-4-10-24-20)17(25-27)19(23)28/h3-7,10-12,16,18,30H,1-2H3,(H2,23,28)/t12-,16+,18-,22+/m1/s1. The third kappa shape index (κ3) is 2.46. The second kappa shape index (κ2) is 6.15. The highest BCUT2D eigenvalue weighted by atomic mass is 16.3. The lowest BCUT2D eigenvalue weighted by Crippen LogP contribution is -2.43. The van der Waals surface area contributed by atoms with Gasteiger partial charge in [0.05, 0.1) is 11.1 Å². The smallest absolute Gasteiger partial charge is 0.269 e. The van der Waals surface area contributed by atoms with Crippen molar-refractivity contribution in [2.75, 3.05) is 7.05 Å². The molecule has 3 heterocycles. The molecule has 0 bridgehead atoms. The molecule has 1 aliphatic carbocycles. The molecule has 2 aromatic heterocycles. The van der Waals surface area contributed by atoms with Crippen molar-refractivity contribution in [2.24, 2.45) is 17.6 Å². The summed E-state index contributed by atoms with van der Waals surface area (Å²) < 4.78 is 1.53. The van der Waals surface area contributed by atoms with Crippen LogP contribution in [0.2, 0.25) is 0 Å². The molecular weight excluding hydrogens is 382 g/mol. The molecule has 0 unspecified atom stereocenters. The van der Waals surface area contributed by atoms with Gasteiger partial charge in [-0.3, -0.25) is 9.59 Å². The Bertz CT molecular complexity index is 1290. The third-order valence-corrected chi connectivity index (χ3v) is 6.07. The minimum atomic E-state index is -1.66. The number of aromatic nitrogens is 3. The van der Waals surface area contributed by atoms with Gasteiger partial charge in [-0.15, -0.1) is 0 Å². The molecule has 150 valence electrons. The highest BCUT2D eigenvalue weighted by molar-refractivity contribution is 6.03. The van der Waals surface area contributed by atoms with Crippen molar-refractivity contribution in [2.45, 2.75) is 18.6 Å². The normalized spacial score (nSPS) is 27.0. The largest absolute Gasteiger partial charge is 0.369 e. The Morgan fingerprint density at radius 3 is 2.83 bits per heavy atom. The van der Waals surface area contributed by atoms with E-state index in [1.54, 1.807) is 54.5 Å². The van der Waals surface area contributed by atoms with Crippen LogP contribution < -0.4 is 5.73 Å². The fraction of sp³-hybridized carbons (Fsp3) is 0.273. The van der Waals surface area contributed by atoms with Gasteiger partial charge in [0, 0.05) is 30.8 Å². The molecule has 4 atom stereocenters. The molecule has 1 saturated carbocycles. The quantitative estimate of drug-likeness (QED) is 0.614. The molecule has 0 radical (unpaired) electrons. The van der Waals surface area contributed by atoms with Crippen molar-refractivity contribution in [3.63, 3.8) is 0 Å². The first-order valence-electron chi connectivity index (χ1n) is 9.59. The van der Waals surface area contributed by atoms with E-state index >= 15 is 0 Å². The molecule has 5 rings (SSSR count). The van der Waals surface area contributed by atoms with Crippen molar-refractivity contribution in [3.8, 4) is 17.5 Å². The van der Waals surface area contributed by atoms with Crippen molar-refractivity contribution >= 4 is 22.8 Å². The molecule has 2 aliphatic rings. The Kier molecular flexibility index (Phi) is 3.76. The molecule has 1 saturated heterocycles. The Hall–Kier alpha value is -3.70. The van der Waals surface area contributed by atoms with Crippen LogP contribution >= 0.6 is 0 Å². The topological polar surface area (TPSA) is 114 Å². The molecule has 2 amide bonds. The molecular formula is C22H19N5O3. The first-order chi connectivity index (χ1) is 14.3. The van der Waals surface area contributed by atoms with E-state index in [4.69, 9.17) is 5.73 Å². The summed E-state index contributed by atoms with van der Waals surface area (Å²) in [5, 5.41) is 15.8. The van der Waals surface area contributed by atoms with E-state index in [1.165, 1.54) is 4.68 Å². The van der Waals surface area contributed by atoms with E-state index in [9.17, 15) is 14.7 Å². The molecule has 8 heteroatoms. The van der Waals surface area contributed by atoms with E-state index in [-0.39, 0.29) is 29.5 Å². The zero-order valence-electron chi connectivity index (χ0n) is 16.4. The number of pyridine rings is 1. The van der Waals surface area contributed by atoms with Crippen molar-refractivity contribution in [1.82, 2.24) is 19.7 Å². The van der Waals surface area contributed by atoms with Crippen LogP contribution in [0.15, 0.2) is 42.6 Å². The van der Waals surface area contributed by atoms with Crippen LogP contribution in [0.25, 0.3) is 16.7 Å². The van der Waals surface area contributed by atoms with E-state index < -0.39 is 11.5 Å². The molecule has 2 fully saturated rings. The summed E-state index contributed by atoms with van der Waals surface area (Å²) >= 11 is 0. The maximum atomic E-state index is 12.4. The lowest BCUT2D eigenvalue weighted by atomic mass is 9.97. The second-order valence-electron chi connectivity index (χ2n) is 7.86. The maximum absolute atomic E-state index is 12.4. The van der Waals surface area contributed by atoms with Crippen molar-refractivity contribution in [1.29, 1.82) is 0 Å². The number of rotatable bonds is 2. The molecule has 1 aliphatic heterocycles. The number of likely N-dealkylation sites (tertiary alicyclic amines) is 1. The number of piperidine rings is 1. The lowest BCUT2D eigenvalue weighted by molar-refractivity contribution is -0.141. The number of nitrogens with two attached hydrogens (primary N) is 1. The fourth-order valence-corrected chi connectivity index (χ4v) is 4.54. The van der Waals surface area contributed by atoms with Gasteiger partial charge in [-0.05, 0) is 36.2 Å². The summed E-state index contributed by atoms with van der Waals surface area (Å²) in [6.07, 6.45) is 1.61. The average Bonchev–Trinajstić information content (AvgIpc) is 3.19. The van der Waals surface area contributed by atoms with Crippen LogP contribution in [-0.4, -0.2) is 55.3 Å². The molecule has 1 aromatic carbocycles. The van der Waals surface area contributed by atoms with Crippen molar-refractivity contribution < 1.29 is 14.7 Å². The number of aliphatic hydroxyl groups is 1. The maximum Gasteiger partial charge on any atom is 0.269 e. The Balaban J connectivity index is 1.55. The van der Waals surface area contributed by atoms with Gasteiger partial charge >= 0.3 is 0 Å². The van der Waals surface area contributed by atoms with E-state index in [0.717, 1.165) is 0 Å². The number of benzene rings is 1. The molecule has 3 N–H and O–H groups in total. The number of amides is 2. The van der Waals surface area contributed by atoms with Gasteiger partial charge in [0.2, 0.25) is 5.60 Å². The van der Waals surface area contributed by atoms with Gasteiger partial charge in [-0.1, -0.05) is 24.8 Å². The van der Waals surface area contributed by atoms with Gasteiger partial charge in [0.1, 0.15) is 0 Å². The number of likely N-dealkylation sites (N-methyl/N-ethyl adjacent to an activating group) is 1. The highest BCUT2D eigenvalue weighted by Gasteiger charge is 2.70.